The molecule has 0 radical (unpaired) electrons. The van der Waals surface area contributed by atoms with E-state index in [2.05, 4.69) is 98.7 Å². The third-order valence-electron chi connectivity index (χ3n) is 9.41. The summed E-state index contributed by atoms with van der Waals surface area (Å²) in [6, 6.07) is 21.3. The van der Waals surface area contributed by atoms with Gasteiger partial charge in [0.25, 0.3) is 0 Å². The van der Waals surface area contributed by atoms with Gasteiger partial charge in [-0.25, -0.2) is 19.9 Å². The van der Waals surface area contributed by atoms with Gasteiger partial charge in [0.05, 0.1) is 26.4 Å². The average Bonchev–Trinajstić information content (AvgIpc) is 3.19. The van der Waals surface area contributed by atoms with Crippen LogP contribution in [-0.4, -0.2) is 135 Å². The van der Waals surface area contributed by atoms with Crippen LogP contribution in [0.4, 0.5) is 23.3 Å². The molecule has 0 spiro atoms. The highest BCUT2D eigenvalue weighted by Gasteiger charge is 2.20. The molecular formula is C40H56N10O3. The third kappa shape index (κ3) is 13.5. The maximum Gasteiger partial charge on any atom is 0.225 e. The molecule has 1 saturated heterocycles. The topological polar surface area (TPSA) is 116 Å². The monoisotopic (exact) mass is 724 g/mol. The van der Waals surface area contributed by atoms with E-state index in [-0.39, 0.29) is 0 Å². The Morgan fingerprint density at radius 2 is 0.849 bits per heavy atom. The van der Waals surface area contributed by atoms with Crippen molar-refractivity contribution in [2.24, 2.45) is 0 Å². The zero-order valence-corrected chi connectivity index (χ0v) is 31.0. The number of nitrogens with zero attached hydrogens (tertiary/aromatic N) is 8. The minimum absolute atomic E-state index is 0.580. The molecule has 2 aromatic heterocycles. The molecule has 4 aromatic rings. The Balaban J connectivity index is 1.22. The van der Waals surface area contributed by atoms with Crippen LogP contribution in [-0.2, 0) is 27.3 Å². The van der Waals surface area contributed by atoms with Crippen molar-refractivity contribution in [1.82, 2.24) is 29.7 Å². The number of anilines is 4. The molecule has 2 N–H and O–H groups in total. The summed E-state index contributed by atoms with van der Waals surface area (Å²) in [7, 11) is 0. The van der Waals surface area contributed by atoms with Gasteiger partial charge >= 0.3 is 0 Å². The van der Waals surface area contributed by atoms with Crippen LogP contribution in [0.1, 0.15) is 24.0 Å². The standard InChI is InChI=1S/C40H56N10O3/c1-7-35-31-37(9-1)41-15-5-25-51-27-29-53-30-28-52-26-6-16-42-38-10-2-8-36(32-38)34-48-19-23-49(39-43-11-3-12-44-39)21-17-47(33-35)18-22-50(24-20-48)40-45-13-4-14-46-40/h1-4,7-14,31-32,41-42H,5-6,15-30,33-34H2. The number of hydrogen-bond donors (Lipinski definition) is 2. The highest BCUT2D eigenvalue weighted by atomic mass is 16.5. The summed E-state index contributed by atoms with van der Waals surface area (Å²) in [5, 5.41) is 7.18. The molecule has 0 amide bonds. The van der Waals surface area contributed by atoms with E-state index in [1.807, 2.05) is 36.9 Å². The van der Waals surface area contributed by atoms with E-state index in [4.69, 9.17) is 14.2 Å². The largest absolute Gasteiger partial charge is 0.385 e. The Kier molecular flexibility index (Phi) is 15.9. The molecule has 3 aliphatic heterocycles. The fourth-order valence-corrected chi connectivity index (χ4v) is 6.55. The first-order chi connectivity index (χ1) is 26.3. The molecule has 53 heavy (non-hydrogen) atoms. The Morgan fingerprint density at radius 3 is 1.26 bits per heavy atom. The minimum atomic E-state index is 0.580. The van der Waals surface area contributed by atoms with Gasteiger partial charge < -0.3 is 34.6 Å². The van der Waals surface area contributed by atoms with Crippen LogP contribution in [0.15, 0.2) is 85.5 Å². The van der Waals surface area contributed by atoms with Gasteiger partial charge in [-0.15, -0.1) is 0 Å². The SMILES string of the molecule is c1cnc(N2CCN3CCN(c4ncccn4)CCN(CC2)Cc2cccc(c2)NCCCOCCOCCOCCCNc2cccc(c2)C3)nc1. The van der Waals surface area contributed by atoms with Crippen LogP contribution < -0.4 is 20.4 Å². The van der Waals surface area contributed by atoms with Crippen LogP contribution in [0.25, 0.3) is 0 Å². The number of aromatic nitrogens is 4. The van der Waals surface area contributed by atoms with Crippen molar-refractivity contribution in [3.8, 4) is 0 Å². The van der Waals surface area contributed by atoms with Crippen molar-refractivity contribution < 1.29 is 14.2 Å². The first-order valence-electron chi connectivity index (χ1n) is 19.2. The van der Waals surface area contributed by atoms with Gasteiger partial charge in [-0.1, -0.05) is 24.3 Å². The smallest absolute Gasteiger partial charge is 0.225 e. The van der Waals surface area contributed by atoms with Crippen LogP contribution in [0.3, 0.4) is 0 Å². The molecule has 0 saturated carbocycles. The molecule has 284 valence electrons. The maximum atomic E-state index is 5.80. The van der Waals surface area contributed by atoms with Crippen molar-refractivity contribution in [2.75, 3.05) is 126 Å². The number of fused-ring (bicyclic) bond motifs is 22. The summed E-state index contributed by atoms with van der Waals surface area (Å²) in [6.07, 6.45) is 9.19. The lowest BCUT2D eigenvalue weighted by Gasteiger charge is -2.34. The van der Waals surface area contributed by atoms with Crippen molar-refractivity contribution in [3.63, 3.8) is 0 Å². The molecular weight excluding hydrogens is 669 g/mol. The van der Waals surface area contributed by atoms with Crippen molar-refractivity contribution >= 4 is 23.3 Å². The normalized spacial score (nSPS) is 21.2. The molecule has 5 heterocycles. The van der Waals surface area contributed by atoms with Crippen molar-refractivity contribution in [2.45, 2.75) is 25.9 Å². The zero-order valence-electron chi connectivity index (χ0n) is 31.0. The lowest BCUT2D eigenvalue weighted by molar-refractivity contribution is 0.0145. The van der Waals surface area contributed by atoms with E-state index >= 15 is 0 Å². The van der Waals surface area contributed by atoms with E-state index < -0.39 is 0 Å². The second-order valence-corrected chi connectivity index (χ2v) is 13.4. The van der Waals surface area contributed by atoms with E-state index in [1.165, 1.54) is 11.1 Å². The Labute approximate surface area is 314 Å². The molecule has 2 aromatic carbocycles. The summed E-state index contributed by atoms with van der Waals surface area (Å²) >= 11 is 0. The van der Waals surface area contributed by atoms with E-state index in [1.54, 1.807) is 0 Å². The van der Waals surface area contributed by atoms with E-state index in [0.717, 1.165) is 115 Å². The Hall–Kier alpha value is -4.40. The number of ether oxygens (including phenoxy) is 3. The summed E-state index contributed by atoms with van der Waals surface area (Å²) in [4.78, 5) is 28.5. The molecule has 0 aliphatic carbocycles. The summed E-state index contributed by atoms with van der Waals surface area (Å²) < 4.78 is 17.3. The molecule has 0 atom stereocenters. The van der Waals surface area contributed by atoms with Gasteiger partial charge in [-0.2, -0.15) is 0 Å². The van der Waals surface area contributed by atoms with Crippen LogP contribution >= 0.6 is 0 Å². The maximum absolute atomic E-state index is 5.80. The molecule has 3 aliphatic rings. The second-order valence-electron chi connectivity index (χ2n) is 13.4. The van der Waals surface area contributed by atoms with Crippen molar-refractivity contribution in [3.05, 3.63) is 96.6 Å². The first kappa shape index (κ1) is 38.3. The third-order valence-corrected chi connectivity index (χ3v) is 9.41. The first-order valence-corrected chi connectivity index (χ1v) is 19.2. The average molecular weight is 725 g/mol. The molecule has 13 heteroatoms. The fraction of sp³-hybridized carbons (Fsp3) is 0.500. The van der Waals surface area contributed by atoms with Crippen LogP contribution in [0.5, 0.6) is 0 Å². The number of hydrogen-bond acceptors (Lipinski definition) is 13. The molecule has 0 unspecified atom stereocenters. The van der Waals surface area contributed by atoms with Crippen LogP contribution in [0, 0.1) is 0 Å². The van der Waals surface area contributed by atoms with Gasteiger partial charge in [-0.3, -0.25) is 9.80 Å². The van der Waals surface area contributed by atoms with Gasteiger partial charge in [0, 0.05) is 128 Å². The molecule has 6 bridgehead atoms. The minimum Gasteiger partial charge on any atom is -0.385 e. The molecule has 7 rings (SSSR count). The highest BCUT2D eigenvalue weighted by molar-refractivity contribution is 5.46. The molecule has 1 fully saturated rings. The second kappa shape index (κ2) is 22.0. The Bertz CT molecular complexity index is 1450. The molecule has 13 nitrogen and oxygen atoms in total. The van der Waals surface area contributed by atoms with E-state index in [0.29, 0.717) is 39.6 Å². The van der Waals surface area contributed by atoms with Crippen molar-refractivity contribution in [1.29, 1.82) is 0 Å². The Morgan fingerprint density at radius 1 is 0.453 bits per heavy atom. The van der Waals surface area contributed by atoms with E-state index in [9.17, 15) is 0 Å². The summed E-state index contributed by atoms with van der Waals surface area (Å²) in [5.41, 5.74) is 4.79. The summed E-state index contributed by atoms with van der Waals surface area (Å²) in [5.74, 6) is 1.54. The predicted molar refractivity (Wildman–Crippen MR) is 211 cm³/mol. The lowest BCUT2D eigenvalue weighted by atomic mass is 10.1. The fourth-order valence-electron chi connectivity index (χ4n) is 6.55. The quantitative estimate of drug-likeness (QED) is 0.287. The zero-order chi connectivity index (χ0) is 36.2. The number of rotatable bonds is 2. The van der Waals surface area contributed by atoms with Gasteiger partial charge in [-0.05, 0) is 60.4 Å². The lowest BCUT2D eigenvalue weighted by Crippen LogP contribution is -2.46. The van der Waals surface area contributed by atoms with Crippen LogP contribution in [0.2, 0.25) is 0 Å². The number of nitrogens with one attached hydrogen (secondary N) is 2. The predicted octanol–water partition coefficient (Wildman–Crippen LogP) is 4.27. The number of benzene rings is 2. The highest BCUT2D eigenvalue weighted by Crippen LogP contribution is 2.17. The van der Waals surface area contributed by atoms with Gasteiger partial charge in [0.15, 0.2) is 0 Å². The van der Waals surface area contributed by atoms with Gasteiger partial charge in [0.1, 0.15) is 0 Å². The summed E-state index contributed by atoms with van der Waals surface area (Å²) in [6.45, 7) is 13.8. The van der Waals surface area contributed by atoms with Gasteiger partial charge in [0.2, 0.25) is 11.9 Å².